The number of benzene rings is 1. The molecule has 3 N–H and O–H groups in total. The summed E-state index contributed by atoms with van der Waals surface area (Å²) >= 11 is 1.10. The van der Waals surface area contributed by atoms with E-state index in [1.807, 2.05) is 0 Å². The van der Waals surface area contributed by atoms with Gasteiger partial charge in [0.05, 0.1) is 12.8 Å². The van der Waals surface area contributed by atoms with Crippen molar-refractivity contribution in [1.82, 2.24) is 0 Å². The molecule has 1 aromatic heterocycles. The maximum atomic E-state index is 13.6. The number of nitrogens with one attached hydrogen (secondary N) is 1. The second-order valence-electron chi connectivity index (χ2n) is 4.33. The molecule has 0 aliphatic rings. The van der Waals surface area contributed by atoms with E-state index in [0.29, 0.717) is 0 Å². The van der Waals surface area contributed by atoms with E-state index in [-0.39, 0.29) is 22.2 Å². The van der Waals surface area contributed by atoms with E-state index >= 15 is 0 Å². The first-order valence-electron chi connectivity index (χ1n) is 6.03. The smallest absolute Gasteiger partial charge is 0.271 e. The fourth-order valence-electron chi connectivity index (χ4n) is 1.76. The van der Waals surface area contributed by atoms with Crippen molar-refractivity contribution in [1.29, 1.82) is 0 Å². The molecule has 8 heteroatoms. The molecule has 0 radical (unpaired) electrons. The molecule has 0 bridgehead atoms. The highest BCUT2D eigenvalue weighted by Crippen LogP contribution is 2.28. The average molecular weight is 330 g/mol. The minimum absolute atomic E-state index is 0.0512. The van der Waals surface area contributed by atoms with Crippen molar-refractivity contribution >= 4 is 27.0 Å². The van der Waals surface area contributed by atoms with Gasteiger partial charge in [0.15, 0.2) is 11.6 Å². The molecular formula is C13H15FN2O3S2. The van der Waals surface area contributed by atoms with Crippen LogP contribution in [0.15, 0.2) is 28.5 Å². The zero-order valence-corrected chi connectivity index (χ0v) is 13.1. The van der Waals surface area contributed by atoms with Gasteiger partial charge in [-0.1, -0.05) is 0 Å². The predicted molar refractivity (Wildman–Crippen MR) is 80.7 cm³/mol. The minimum atomic E-state index is -3.76. The first-order chi connectivity index (χ1) is 9.87. The van der Waals surface area contributed by atoms with Crippen LogP contribution in [-0.2, 0) is 16.6 Å². The summed E-state index contributed by atoms with van der Waals surface area (Å²) < 4.78 is 45.4. The molecule has 114 valence electrons. The second-order valence-corrected chi connectivity index (χ2v) is 7.38. The third-order valence-corrected chi connectivity index (χ3v) is 5.97. The van der Waals surface area contributed by atoms with Gasteiger partial charge in [-0.3, -0.25) is 4.72 Å². The number of halogens is 1. The highest BCUT2D eigenvalue weighted by Gasteiger charge is 2.19. The Morgan fingerprint density at radius 2 is 2.10 bits per heavy atom. The Hall–Kier alpha value is -1.64. The van der Waals surface area contributed by atoms with Crippen molar-refractivity contribution in [3.8, 4) is 5.75 Å². The molecule has 21 heavy (non-hydrogen) atoms. The number of sulfonamides is 1. The first kappa shape index (κ1) is 15.7. The van der Waals surface area contributed by atoms with Gasteiger partial charge in [-0.2, -0.15) is 0 Å². The Morgan fingerprint density at radius 3 is 2.62 bits per heavy atom. The molecule has 1 heterocycles. The lowest BCUT2D eigenvalue weighted by molar-refractivity contribution is 0.386. The van der Waals surface area contributed by atoms with Gasteiger partial charge in [0, 0.05) is 17.5 Å². The third kappa shape index (κ3) is 3.34. The van der Waals surface area contributed by atoms with E-state index in [0.717, 1.165) is 27.8 Å². The van der Waals surface area contributed by atoms with Gasteiger partial charge in [-0.25, -0.2) is 12.8 Å². The molecule has 1 aromatic carbocycles. The molecule has 0 amide bonds. The van der Waals surface area contributed by atoms with Crippen LogP contribution in [0.4, 0.5) is 10.1 Å². The summed E-state index contributed by atoms with van der Waals surface area (Å²) in [4.78, 5) is 0.802. The number of aryl methyl sites for hydroxylation is 1. The van der Waals surface area contributed by atoms with Gasteiger partial charge in [-0.15, -0.1) is 11.3 Å². The summed E-state index contributed by atoms with van der Waals surface area (Å²) in [6, 6.07) is 5.41. The van der Waals surface area contributed by atoms with E-state index in [1.54, 1.807) is 13.0 Å². The zero-order valence-electron chi connectivity index (χ0n) is 11.5. The summed E-state index contributed by atoms with van der Waals surface area (Å²) in [6.07, 6.45) is 0. The van der Waals surface area contributed by atoms with Gasteiger partial charge >= 0.3 is 0 Å². The zero-order chi connectivity index (χ0) is 15.6. The molecule has 0 aliphatic carbocycles. The van der Waals surface area contributed by atoms with Crippen LogP contribution < -0.4 is 15.2 Å². The lowest BCUT2D eigenvalue weighted by Gasteiger charge is -2.08. The van der Waals surface area contributed by atoms with Gasteiger partial charge in [-0.05, 0) is 30.7 Å². The molecular weight excluding hydrogens is 315 g/mol. The number of methoxy groups -OCH3 is 1. The summed E-state index contributed by atoms with van der Waals surface area (Å²) in [7, 11) is -2.42. The number of thiophene rings is 1. The molecule has 0 saturated carbocycles. The van der Waals surface area contributed by atoms with Crippen LogP contribution in [0.3, 0.4) is 0 Å². The number of hydrogen-bond donors (Lipinski definition) is 2. The van der Waals surface area contributed by atoms with Gasteiger partial charge < -0.3 is 10.5 Å². The minimum Gasteiger partial charge on any atom is -0.494 e. The molecule has 0 unspecified atom stereocenters. The van der Waals surface area contributed by atoms with Crippen LogP contribution in [0, 0.1) is 12.7 Å². The quantitative estimate of drug-likeness (QED) is 0.882. The summed E-state index contributed by atoms with van der Waals surface area (Å²) in [5, 5.41) is 0. The SMILES string of the molecule is COc1ccc(NS(=O)(=O)c2cc(C)c(CN)s2)cc1F. The summed E-state index contributed by atoms with van der Waals surface area (Å²) in [5.41, 5.74) is 6.50. The standard InChI is InChI=1S/C13H15FN2O3S2/c1-8-5-13(20-12(8)7-15)21(17,18)16-9-3-4-11(19-2)10(14)6-9/h3-6,16H,7,15H2,1-2H3. The van der Waals surface area contributed by atoms with E-state index < -0.39 is 15.8 Å². The second kappa shape index (κ2) is 6.00. The normalized spacial score (nSPS) is 11.4. The lowest BCUT2D eigenvalue weighted by atomic mass is 10.3. The van der Waals surface area contributed by atoms with Gasteiger partial charge in [0.1, 0.15) is 4.21 Å². The highest BCUT2D eigenvalue weighted by molar-refractivity contribution is 7.94. The number of anilines is 1. The highest BCUT2D eigenvalue weighted by atomic mass is 32.2. The van der Waals surface area contributed by atoms with Crippen LogP contribution in [0.1, 0.15) is 10.4 Å². The van der Waals surface area contributed by atoms with Crippen molar-refractivity contribution in [2.24, 2.45) is 5.73 Å². The van der Waals surface area contributed by atoms with E-state index in [2.05, 4.69) is 4.72 Å². The molecule has 0 atom stereocenters. The van der Waals surface area contributed by atoms with Crippen molar-refractivity contribution < 1.29 is 17.5 Å². The first-order valence-corrected chi connectivity index (χ1v) is 8.33. The molecule has 0 saturated heterocycles. The lowest BCUT2D eigenvalue weighted by Crippen LogP contribution is -2.11. The summed E-state index contributed by atoms with van der Waals surface area (Å²) in [6.45, 7) is 2.08. The maximum Gasteiger partial charge on any atom is 0.271 e. The summed E-state index contributed by atoms with van der Waals surface area (Å²) in [5.74, 6) is -0.585. The molecule has 5 nitrogen and oxygen atoms in total. The number of hydrogen-bond acceptors (Lipinski definition) is 5. The van der Waals surface area contributed by atoms with Gasteiger partial charge in [0.2, 0.25) is 0 Å². The molecule has 2 rings (SSSR count). The molecule has 0 spiro atoms. The van der Waals surface area contributed by atoms with Crippen molar-refractivity contribution in [2.75, 3.05) is 11.8 Å². The maximum absolute atomic E-state index is 13.6. The van der Waals surface area contributed by atoms with E-state index in [4.69, 9.17) is 10.5 Å². The number of rotatable bonds is 5. The Morgan fingerprint density at radius 1 is 1.38 bits per heavy atom. The molecule has 2 aromatic rings. The Labute approximate surface area is 126 Å². The van der Waals surface area contributed by atoms with Crippen LogP contribution in [0.5, 0.6) is 5.75 Å². The van der Waals surface area contributed by atoms with Crippen molar-refractivity contribution in [3.63, 3.8) is 0 Å². The van der Waals surface area contributed by atoms with Crippen LogP contribution in [0.2, 0.25) is 0 Å². The average Bonchev–Trinajstić information content (AvgIpc) is 2.80. The number of nitrogens with two attached hydrogens (primary N) is 1. The van der Waals surface area contributed by atoms with E-state index in [9.17, 15) is 12.8 Å². The van der Waals surface area contributed by atoms with Gasteiger partial charge in [0.25, 0.3) is 10.0 Å². The topological polar surface area (TPSA) is 81.4 Å². The molecule has 0 fully saturated rings. The Bertz CT molecular complexity index is 757. The molecule has 0 aliphatic heterocycles. The third-order valence-electron chi connectivity index (χ3n) is 2.85. The van der Waals surface area contributed by atoms with Crippen molar-refractivity contribution in [3.05, 3.63) is 40.5 Å². The van der Waals surface area contributed by atoms with Crippen LogP contribution >= 0.6 is 11.3 Å². The largest absolute Gasteiger partial charge is 0.494 e. The fraction of sp³-hybridized carbons (Fsp3) is 0.231. The van der Waals surface area contributed by atoms with E-state index in [1.165, 1.54) is 19.2 Å². The Balaban J connectivity index is 2.30. The Kier molecular flexibility index (Phi) is 4.50. The predicted octanol–water partition coefficient (Wildman–Crippen LogP) is 2.46. The fourth-order valence-corrected chi connectivity index (χ4v) is 4.28. The van der Waals surface area contributed by atoms with Crippen molar-refractivity contribution in [2.45, 2.75) is 17.7 Å². The number of ether oxygens (including phenoxy) is 1. The van der Waals surface area contributed by atoms with Crippen LogP contribution in [0.25, 0.3) is 0 Å². The monoisotopic (exact) mass is 330 g/mol. The van der Waals surface area contributed by atoms with Crippen LogP contribution in [-0.4, -0.2) is 15.5 Å².